The number of carbonyl (C=O) groups excluding carboxylic acids is 1. The topological polar surface area (TPSA) is 30.2 Å². The minimum absolute atomic E-state index is 0.0347. The molecule has 0 fully saturated rings. The highest BCUT2D eigenvalue weighted by atomic mass is 16.3. The fourth-order valence-corrected chi connectivity index (χ4v) is 1.75. The molecule has 2 rings (SSSR count). The van der Waals surface area contributed by atoms with E-state index in [4.69, 9.17) is 4.42 Å². The lowest BCUT2D eigenvalue weighted by Gasteiger charge is -2.05. The number of carbonyl (C=O) groups is 1. The van der Waals surface area contributed by atoms with Crippen molar-refractivity contribution in [2.75, 3.05) is 0 Å². The van der Waals surface area contributed by atoms with Crippen LogP contribution in [0.3, 0.4) is 0 Å². The van der Waals surface area contributed by atoms with Crippen molar-refractivity contribution in [1.82, 2.24) is 0 Å². The van der Waals surface area contributed by atoms with Gasteiger partial charge in [0.05, 0.1) is 11.8 Å². The molecule has 2 nitrogen and oxygen atoms in total. The Bertz CT molecular complexity index is 535. The van der Waals surface area contributed by atoms with Gasteiger partial charge in [0.1, 0.15) is 5.76 Å². The van der Waals surface area contributed by atoms with Crippen LogP contribution in [0.15, 0.2) is 34.9 Å². The Balaban J connectivity index is 2.49. The van der Waals surface area contributed by atoms with E-state index >= 15 is 0 Å². The van der Waals surface area contributed by atoms with Crippen molar-refractivity contribution in [3.8, 4) is 0 Å². The summed E-state index contributed by atoms with van der Waals surface area (Å²) in [6.07, 6.45) is 1.55. The quantitative estimate of drug-likeness (QED) is 0.717. The molecule has 0 aliphatic rings. The summed E-state index contributed by atoms with van der Waals surface area (Å²) in [5.74, 6) is 0.707. The molecule has 0 amide bonds. The fraction of sp³-hybridized carbons (Fsp3) is 0.214. The SMILES string of the molecule is Cc1ccc(C)c(C(=O)c2ccoc2C)c1. The first-order valence-electron chi connectivity index (χ1n) is 5.25. The van der Waals surface area contributed by atoms with Gasteiger partial charge in [-0.3, -0.25) is 4.79 Å². The molecule has 1 aromatic carbocycles. The maximum atomic E-state index is 12.2. The van der Waals surface area contributed by atoms with Crippen LogP contribution in [0.2, 0.25) is 0 Å². The second kappa shape index (κ2) is 3.97. The van der Waals surface area contributed by atoms with Crippen LogP contribution in [0.5, 0.6) is 0 Å². The number of rotatable bonds is 2. The Morgan fingerprint density at radius 1 is 1.06 bits per heavy atom. The van der Waals surface area contributed by atoms with Crippen LogP contribution in [-0.4, -0.2) is 5.78 Å². The largest absolute Gasteiger partial charge is 0.469 e. The summed E-state index contributed by atoms with van der Waals surface area (Å²) in [6.45, 7) is 5.74. The lowest BCUT2D eigenvalue weighted by molar-refractivity contribution is 0.103. The predicted octanol–water partition coefficient (Wildman–Crippen LogP) is 3.44. The molecule has 0 bridgehead atoms. The molecule has 0 aliphatic carbocycles. The van der Waals surface area contributed by atoms with Crippen LogP contribution in [0.25, 0.3) is 0 Å². The molecule has 1 aromatic heterocycles. The highest BCUT2D eigenvalue weighted by Crippen LogP contribution is 2.18. The molecule has 0 saturated carbocycles. The Kier molecular flexibility index (Phi) is 2.65. The van der Waals surface area contributed by atoms with Crippen molar-refractivity contribution in [2.24, 2.45) is 0 Å². The molecule has 0 spiro atoms. The van der Waals surface area contributed by atoms with Gasteiger partial charge in [0.25, 0.3) is 0 Å². The average molecular weight is 214 g/mol. The lowest BCUT2D eigenvalue weighted by Crippen LogP contribution is -2.04. The molecule has 0 radical (unpaired) electrons. The second-order valence-electron chi connectivity index (χ2n) is 4.04. The molecular weight excluding hydrogens is 200 g/mol. The zero-order valence-electron chi connectivity index (χ0n) is 9.70. The van der Waals surface area contributed by atoms with Gasteiger partial charge in [0.15, 0.2) is 5.78 Å². The Labute approximate surface area is 94.9 Å². The number of ketones is 1. The molecular formula is C14H14O2. The fourth-order valence-electron chi connectivity index (χ4n) is 1.75. The van der Waals surface area contributed by atoms with E-state index < -0.39 is 0 Å². The van der Waals surface area contributed by atoms with Crippen LogP contribution in [0.4, 0.5) is 0 Å². The third kappa shape index (κ3) is 1.78. The average Bonchev–Trinajstić information content (AvgIpc) is 2.67. The van der Waals surface area contributed by atoms with Gasteiger partial charge in [-0.15, -0.1) is 0 Å². The monoisotopic (exact) mass is 214 g/mol. The lowest BCUT2D eigenvalue weighted by atomic mass is 9.98. The normalized spacial score (nSPS) is 10.4. The van der Waals surface area contributed by atoms with Crippen LogP contribution >= 0.6 is 0 Å². The summed E-state index contributed by atoms with van der Waals surface area (Å²) in [7, 11) is 0. The minimum atomic E-state index is 0.0347. The molecule has 1 heterocycles. The first-order valence-corrected chi connectivity index (χ1v) is 5.25. The molecule has 82 valence electrons. The van der Waals surface area contributed by atoms with E-state index in [2.05, 4.69) is 0 Å². The zero-order valence-corrected chi connectivity index (χ0v) is 9.70. The van der Waals surface area contributed by atoms with E-state index in [1.807, 2.05) is 32.0 Å². The van der Waals surface area contributed by atoms with Crippen molar-refractivity contribution in [3.63, 3.8) is 0 Å². The third-order valence-corrected chi connectivity index (χ3v) is 2.74. The maximum Gasteiger partial charge on any atom is 0.196 e. The number of benzene rings is 1. The van der Waals surface area contributed by atoms with Crippen LogP contribution in [0.1, 0.15) is 32.8 Å². The molecule has 16 heavy (non-hydrogen) atoms. The highest BCUT2D eigenvalue weighted by molar-refractivity contribution is 6.10. The van der Waals surface area contributed by atoms with Crippen molar-refractivity contribution in [2.45, 2.75) is 20.8 Å². The molecule has 0 N–H and O–H groups in total. The Hall–Kier alpha value is -1.83. The number of furan rings is 1. The van der Waals surface area contributed by atoms with Crippen molar-refractivity contribution in [3.05, 3.63) is 58.5 Å². The minimum Gasteiger partial charge on any atom is -0.469 e. The molecule has 0 unspecified atom stereocenters. The second-order valence-corrected chi connectivity index (χ2v) is 4.04. The van der Waals surface area contributed by atoms with Crippen LogP contribution in [0, 0.1) is 20.8 Å². The number of aryl methyl sites for hydroxylation is 3. The number of hydrogen-bond acceptors (Lipinski definition) is 2. The van der Waals surface area contributed by atoms with E-state index in [0.29, 0.717) is 11.3 Å². The Morgan fingerprint density at radius 3 is 2.44 bits per heavy atom. The van der Waals surface area contributed by atoms with E-state index in [9.17, 15) is 4.79 Å². The molecule has 2 aromatic rings. The van der Waals surface area contributed by atoms with Gasteiger partial charge in [0.2, 0.25) is 0 Å². The van der Waals surface area contributed by atoms with Gasteiger partial charge in [0, 0.05) is 5.56 Å². The maximum absolute atomic E-state index is 12.2. The summed E-state index contributed by atoms with van der Waals surface area (Å²) < 4.78 is 5.16. The van der Waals surface area contributed by atoms with E-state index in [1.54, 1.807) is 19.3 Å². The Morgan fingerprint density at radius 2 is 1.81 bits per heavy atom. The highest BCUT2D eigenvalue weighted by Gasteiger charge is 2.15. The molecule has 0 atom stereocenters. The van der Waals surface area contributed by atoms with Crippen molar-refractivity contribution < 1.29 is 9.21 Å². The van der Waals surface area contributed by atoms with Gasteiger partial charge in [-0.2, -0.15) is 0 Å². The smallest absolute Gasteiger partial charge is 0.196 e. The van der Waals surface area contributed by atoms with Gasteiger partial charge >= 0.3 is 0 Å². The van der Waals surface area contributed by atoms with E-state index in [0.717, 1.165) is 16.7 Å². The van der Waals surface area contributed by atoms with Crippen LogP contribution < -0.4 is 0 Å². The van der Waals surface area contributed by atoms with Gasteiger partial charge in [-0.25, -0.2) is 0 Å². The third-order valence-electron chi connectivity index (χ3n) is 2.74. The molecule has 0 saturated heterocycles. The summed E-state index contributed by atoms with van der Waals surface area (Å²) >= 11 is 0. The summed E-state index contributed by atoms with van der Waals surface area (Å²) in [6, 6.07) is 7.62. The zero-order chi connectivity index (χ0) is 11.7. The van der Waals surface area contributed by atoms with E-state index in [1.165, 1.54) is 0 Å². The van der Waals surface area contributed by atoms with Gasteiger partial charge < -0.3 is 4.42 Å². The summed E-state index contributed by atoms with van der Waals surface area (Å²) in [5.41, 5.74) is 3.49. The molecule has 2 heteroatoms. The predicted molar refractivity (Wildman–Crippen MR) is 62.8 cm³/mol. The van der Waals surface area contributed by atoms with Crippen molar-refractivity contribution >= 4 is 5.78 Å². The van der Waals surface area contributed by atoms with Crippen molar-refractivity contribution in [1.29, 1.82) is 0 Å². The first kappa shape index (κ1) is 10.7. The standard InChI is InChI=1S/C14H14O2/c1-9-4-5-10(2)13(8-9)14(15)12-6-7-16-11(12)3/h4-8H,1-3H3. The summed E-state index contributed by atoms with van der Waals surface area (Å²) in [5, 5.41) is 0. The molecule has 0 aliphatic heterocycles. The van der Waals surface area contributed by atoms with E-state index in [-0.39, 0.29) is 5.78 Å². The number of hydrogen-bond donors (Lipinski definition) is 0. The summed E-state index contributed by atoms with van der Waals surface area (Å²) in [4.78, 5) is 12.2. The first-order chi connectivity index (χ1) is 7.59. The van der Waals surface area contributed by atoms with Gasteiger partial charge in [-0.1, -0.05) is 17.7 Å². The van der Waals surface area contributed by atoms with Gasteiger partial charge in [-0.05, 0) is 38.5 Å². The van der Waals surface area contributed by atoms with Crippen LogP contribution in [-0.2, 0) is 0 Å².